The highest BCUT2D eigenvalue weighted by Gasteiger charge is 2.53. The topological polar surface area (TPSA) is 157 Å². The van der Waals surface area contributed by atoms with Crippen LogP contribution in [0.25, 0.3) is 0 Å². The van der Waals surface area contributed by atoms with Gasteiger partial charge < -0.3 is 30.2 Å². The van der Waals surface area contributed by atoms with Crippen molar-refractivity contribution < 1.29 is 29.5 Å². The number of nitro benzene ring substituents is 1. The average molecular weight is 578 g/mol. The van der Waals surface area contributed by atoms with Gasteiger partial charge in [-0.15, -0.1) is 0 Å². The number of hydrogen-bond donors (Lipinski definition) is 3. The molecule has 0 unspecified atom stereocenters. The van der Waals surface area contributed by atoms with Gasteiger partial charge in [-0.05, 0) is 36.6 Å². The molecule has 5 rings (SSSR count). The SMILES string of the molecule is C[C@@H](/C=C/CC(=O)N1CCC[C@H]1CO)[C@]1(O)C(=O)N(Cc2ccc(N3CCNCC3=O)cc2)c2ccc([N+](=O)[O-])cc21. The van der Waals surface area contributed by atoms with E-state index in [1.807, 2.05) is 24.3 Å². The molecule has 3 aliphatic heterocycles. The molecule has 0 spiro atoms. The Morgan fingerprint density at radius 1 is 1.21 bits per heavy atom. The number of likely N-dealkylation sites (tertiary alicyclic amines) is 1. The molecule has 2 aromatic rings. The molecule has 0 saturated carbocycles. The normalized spacial score (nSPS) is 23.1. The maximum absolute atomic E-state index is 13.9. The van der Waals surface area contributed by atoms with Crippen LogP contribution in [0.1, 0.15) is 37.3 Å². The summed E-state index contributed by atoms with van der Waals surface area (Å²) >= 11 is 0. The number of carbonyl (C=O) groups excluding carboxylic acids is 3. The Balaban J connectivity index is 1.37. The van der Waals surface area contributed by atoms with Crippen LogP contribution in [0.3, 0.4) is 0 Å². The monoisotopic (exact) mass is 577 g/mol. The lowest BCUT2D eigenvalue weighted by molar-refractivity contribution is -0.385. The van der Waals surface area contributed by atoms with E-state index in [-0.39, 0.29) is 55.2 Å². The molecule has 0 aromatic heterocycles. The second kappa shape index (κ2) is 12.0. The van der Waals surface area contributed by atoms with Crippen molar-refractivity contribution in [2.24, 2.45) is 5.92 Å². The summed E-state index contributed by atoms with van der Waals surface area (Å²) in [5, 5.41) is 36.0. The van der Waals surface area contributed by atoms with Crippen LogP contribution in [-0.4, -0.2) is 76.6 Å². The van der Waals surface area contributed by atoms with Crippen molar-refractivity contribution in [3.05, 3.63) is 75.9 Å². The van der Waals surface area contributed by atoms with E-state index >= 15 is 0 Å². The number of nitrogens with one attached hydrogen (secondary N) is 1. The first-order valence-corrected chi connectivity index (χ1v) is 14.2. The number of rotatable bonds is 9. The smallest absolute Gasteiger partial charge is 0.269 e. The molecule has 2 aromatic carbocycles. The van der Waals surface area contributed by atoms with Gasteiger partial charge in [-0.2, -0.15) is 0 Å². The van der Waals surface area contributed by atoms with Crippen LogP contribution in [0, 0.1) is 16.0 Å². The van der Waals surface area contributed by atoms with Crippen LogP contribution in [0.2, 0.25) is 0 Å². The maximum atomic E-state index is 13.9. The van der Waals surface area contributed by atoms with Gasteiger partial charge in [-0.1, -0.05) is 31.2 Å². The van der Waals surface area contributed by atoms with Gasteiger partial charge in [0.25, 0.3) is 11.6 Å². The second-order valence-corrected chi connectivity index (χ2v) is 11.0. The van der Waals surface area contributed by atoms with Gasteiger partial charge in [0.1, 0.15) is 0 Å². The van der Waals surface area contributed by atoms with E-state index < -0.39 is 22.3 Å². The molecule has 0 bridgehead atoms. The highest BCUT2D eigenvalue weighted by atomic mass is 16.6. The number of amides is 3. The Morgan fingerprint density at radius 3 is 2.67 bits per heavy atom. The minimum absolute atomic E-state index is 0.0262. The molecule has 3 N–H and O–H groups in total. The molecule has 3 heterocycles. The molecule has 3 amide bonds. The highest BCUT2D eigenvalue weighted by Crippen LogP contribution is 2.47. The lowest BCUT2D eigenvalue weighted by Crippen LogP contribution is -2.48. The van der Waals surface area contributed by atoms with E-state index in [1.54, 1.807) is 28.9 Å². The lowest BCUT2D eigenvalue weighted by atomic mass is 9.82. The predicted octanol–water partition coefficient (Wildman–Crippen LogP) is 1.83. The largest absolute Gasteiger partial charge is 0.394 e. The number of nitro groups is 1. The Morgan fingerprint density at radius 2 is 1.98 bits per heavy atom. The number of anilines is 2. The first kappa shape index (κ1) is 29.4. The summed E-state index contributed by atoms with van der Waals surface area (Å²) in [4.78, 5) is 54.6. The van der Waals surface area contributed by atoms with Gasteiger partial charge >= 0.3 is 0 Å². The third kappa shape index (κ3) is 5.40. The number of nitrogens with zero attached hydrogens (tertiary/aromatic N) is 4. The van der Waals surface area contributed by atoms with Crippen LogP contribution < -0.4 is 15.1 Å². The summed E-state index contributed by atoms with van der Waals surface area (Å²) in [6.07, 6.45) is 4.80. The molecule has 0 aliphatic carbocycles. The zero-order valence-corrected chi connectivity index (χ0v) is 23.4. The zero-order valence-electron chi connectivity index (χ0n) is 23.4. The number of piperazine rings is 1. The molecule has 222 valence electrons. The van der Waals surface area contributed by atoms with E-state index in [0.717, 1.165) is 24.1 Å². The number of fused-ring (bicyclic) bond motifs is 1. The minimum Gasteiger partial charge on any atom is -0.394 e. The summed E-state index contributed by atoms with van der Waals surface area (Å²) in [6.45, 7) is 3.74. The van der Waals surface area contributed by atoms with Gasteiger partial charge in [0.05, 0.1) is 36.3 Å². The molecule has 2 saturated heterocycles. The summed E-state index contributed by atoms with van der Waals surface area (Å²) in [5.41, 5.74) is -0.335. The zero-order chi connectivity index (χ0) is 30.0. The number of hydrogen-bond acceptors (Lipinski definition) is 8. The molecule has 42 heavy (non-hydrogen) atoms. The van der Waals surface area contributed by atoms with Crippen molar-refractivity contribution in [3.8, 4) is 0 Å². The van der Waals surface area contributed by atoms with Crippen LogP contribution in [-0.2, 0) is 26.5 Å². The van der Waals surface area contributed by atoms with E-state index in [2.05, 4.69) is 5.32 Å². The summed E-state index contributed by atoms with van der Waals surface area (Å²) in [5.74, 6) is -1.61. The van der Waals surface area contributed by atoms with Crippen LogP contribution in [0.4, 0.5) is 17.1 Å². The van der Waals surface area contributed by atoms with E-state index in [1.165, 1.54) is 23.1 Å². The fraction of sp³-hybridized carbons (Fsp3) is 0.433. The Bertz CT molecular complexity index is 1410. The number of aliphatic hydroxyl groups excluding tert-OH is 1. The van der Waals surface area contributed by atoms with Crippen LogP contribution >= 0.6 is 0 Å². The summed E-state index contributed by atoms with van der Waals surface area (Å²) < 4.78 is 0. The average Bonchev–Trinajstić information content (AvgIpc) is 3.56. The third-order valence-electron chi connectivity index (χ3n) is 8.43. The maximum Gasteiger partial charge on any atom is 0.269 e. The van der Waals surface area contributed by atoms with Gasteiger partial charge in [0.15, 0.2) is 5.60 Å². The molecule has 2 fully saturated rings. The fourth-order valence-corrected chi connectivity index (χ4v) is 6.03. The Hall–Kier alpha value is -4.13. The highest BCUT2D eigenvalue weighted by molar-refractivity contribution is 6.07. The second-order valence-electron chi connectivity index (χ2n) is 11.0. The van der Waals surface area contributed by atoms with Gasteiger partial charge in [-0.3, -0.25) is 24.5 Å². The van der Waals surface area contributed by atoms with Crippen molar-refractivity contribution in [2.75, 3.05) is 42.6 Å². The fourth-order valence-electron chi connectivity index (χ4n) is 6.03. The molecular weight excluding hydrogens is 542 g/mol. The van der Waals surface area contributed by atoms with Crippen molar-refractivity contribution in [1.82, 2.24) is 10.2 Å². The van der Waals surface area contributed by atoms with Crippen LogP contribution in [0.5, 0.6) is 0 Å². The predicted molar refractivity (Wildman–Crippen MR) is 155 cm³/mol. The Kier molecular flexibility index (Phi) is 8.39. The van der Waals surface area contributed by atoms with Crippen molar-refractivity contribution in [2.45, 2.75) is 44.4 Å². The standard InChI is InChI=1S/C30H35N5O7/c1-20(4-2-6-27(37)32-14-3-5-24(32)19-36)30(40)25-16-23(35(41)42)11-12-26(25)34(29(30)39)18-21-7-9-22(10-8-21)33-15-13-31-17-28(33)38/h2,4,7-12,16,20,24,31,36,40H,3,5-6,13-15,17-19H2,1H3/b4-2+/t20-,24-,30+/m0/s1. The van der Waals surface area contributed by atoms with Crippen molar-refractivity contribution in [1.29, 1.82) is 0 Å². The molecule has 3 aliphatic rings. The third-order valence-corrected chi connectivity index (χ3v) is 8.43. The van der Waals surface area contributed by atoms with Crippen molar-refractivity contribution in [3.63, 3.8) is 0 Å². The van der Waals surface area contributed by atoms with Crippen molar-refractivity contribution >= 4 is 34.8 Å². The number of aliphatic hydroxyl groups is 2. The first-order valence-electron chi connectivity index (χ1n) is 14.2. The molecule has 12 nitrogen and oxygen atoms in total. The molecule has 12 heteroatoms. The van der Waals surface area contributed by atoms with Gasteiger partial charge in [-0.25, -0.2) is 0 Å². The Labute approximate surface area is 243 Å². The number of carbonyl (C=O) groups is 3. The van der Waals surface area contributed by atoms with E-state index in [4.69, 9.17) is 0 Å². The summed E-state index contributed by atoms with van der Waals surface area (Å²) in [7, 11) is 0. The summed E-state index contributed by atoms with van der Waals surface area (Å²) in [6, 6.07) is 11.1. The lowest BCUT2D eigenvalue weighted by Gasteiger charge is -2.28. The van der Waals surface area contributed by atoms with Gasteiger partial charge in [0.2, 0.25) is 11.8 Å². The number of benzene rings is 2. The minimum atomic E-state index is -2.09. The molecule has 3 atom stereocenters. The van der Waals surface area contributed by atoms with E-state index in [0.29, 0.717) is 25.3 Å². The molecular formula is C30H35N5O7. The van der Waals surface area contributed by atoms with E-state index in [9.17, 15) is 34.7 Å². The molecule has 0 radical (unpaired) electrons. The first-order chi connectivity index (χ1) is 20.1. The van der Waals surface area contributed by atoms with Crippen LogP contribution in [0.15, 0.2) is 54.6 Å². The quantitative estimate of drug-likeness (QED) is 0.232. The number of non-ortho nitro benzene ring substituents is 1. The van der Waals surface area contributed by atoms with Gasteiger partial charge in [0, 0.05) is 55.4 Å².